The zero-order chi connectivity index (χ0) is 58.3. The number of anilines is 1. The van der Waals surface area contributed by atoms with E-state index in [1.807, 2.05) is 6.08 Å². The molecule has 0 bridgehead atoms. The van der Waals surface area contributed by atoms with E-state index in [0.29, 0.717) is 40.9 Å². The first-order valence-electron chi connectivity index (χ1n) is 26.8. The number of imidazole rings is 1. The highest BCUT2D eigenvalue weighted by atomic mass is 32.2. The fourth-order valence-electron chi connectivity index (χ4n) is 13.9. The SMILES string of the molecule is C/C(=C/CC[C@@H](C)[C@H]1CC[C@H]2[C@@H]3[C@H](O)C[C@]4(C)C[C@H](O)CC[C@]4(C)[C@H]3CC[C@]12C)C(=O)SCCNC(=O)CCNC(=O)[C@H](O)C(C)(C)COP(=O)(O)OP(=O)(O)OC[C@H]1O[C@@H](n2cnc3c(N)ncnc32)[C@H](O)[C@@H]1OP(=O)(O)O. The number of carbonyl (C=O) groups excluding carboxylic acids is 3. The molecule has 3 heterocycles. The number of hydrogen-bond donors (Lipinski definition) is 11. The number of aliphatic hydroxyl groups excluding tert-OH is 4. The molecule has 5 aliphatic rings. The van der Waals surface area contributed by atoms with Crippen LogP contribution in [0.2, 0.25) is 0 Å². The average molecular weight is 1200 g/mol. The van der Waals surface area contributed by atoms with Crippen molar-refractivity contribution in [2.45, 2.75) is 162 Å². The molecular weight excluding hydrogens is 1120 g/mol. The predicted octanol–water partition coefficient (Wildman–Crippen LogP) is 4.41. The Labute approximate surface area is 463 Å². The summed E-state index contributed by atoms with van der Waals surface area (Å²) >= 11 is 1.09. The Kier molecular flexibility index (Phi) is 20.0. The van der Waals surface area contributed by atoms with Gasteiger partial charge >= 0.3 is 23.5 Å². The largest absolute Gasteiger partial charge is 0.481 e. The maximum atomic E-state index is 13.0. The van der Waals surface area contributed by atoms with Crippen molar-refractivity contribution >= 4 is 69.1 Å². The highest BCUT2D eigenvalue weighted by Crippen LogP contribution is 2.71. The molecule has 30 heteroatoms. The zero-order valence-corrected chi connectivity index (χ0v) is 49.2. The lowest BCUT2D eigenvalue weighted by atomic mass is 9.39. The minimum Gasteiger partial charge on any atom is -0.393 e. The lowest BCUT2D eigenvalue weighted by molar-refractivity contribution is -0.210. The van der Waals surface area contributed by atoms with Crippen molar-refractivity contribution in [3.63, 3.8) is 0 Å². The minimum absolute atomic E-state index is 0.0278. The molecule has 1 saturated heterocycles. The summed E-state index contributed by atoms with van der Waals surface area (Å²) in [6.07, 6.45) is 4.06. The van der Waals surface area contributed by atoms with Crippen molar-refractivity contribution in [2.24, 2.45) is 51.2 Å². The van der Waals surface area contributed by atoms with Crippen LogP contribution in [-0.4, -0.2) is 145 Å². The summed E-state index contributed by atoms with van der Waals surface area (Å²) < 4.78 is 62.8. The van der Waals surface area contributed by atoms with E-state index >= 15 is 0 Å². The monoisotopic (exact) mass is 1200 g/mol. The summed E-state index contributed by atoms with van der Waals surface area (Å²) in [5.41, 5.74) is 5.15. The quantitative estimate of drug-likeness (QED) is 0.0394. The van der Waals surface area contributed by atoms with E-state index in [9.17, 15) is 68.1 Å². The van der Waals surface area contributed by atoms with Crippen molar-refractivity contribution in [2.75, 3.05) is 37.8 Å². The number of phosphoric ester groups is 3. The van der Waals surface area contributed by atoms with Crippen LogP contribution in [0, 0.1) is 51.2 Å². The number of thioether (sulfide) groups is 1. The normalized spacial score (nSPS) is 34.4. The maximum Gasteiger partial charge on any atom is 0.481 e. The third kappa shape index (κ3) is 14.4. The standard InChI is InChI=1S/C49H80N7O19P3S/c1-27(30-11-12-31-36-32(14-16-48(30,31)6)49(7)17-13-29(57)21-47(49,5)22-33(36)58)9-8-10-28(2)45(63)79-20-19-51-35(59)15-18-52-43(62)40(61)46(3,4)24-72-78(69,70)75-77(67,68)71-23-34-39(74-76(64,65)66)38(60)44(73-34)56-26-55-37-41(50)53-25-54-42(37)56/h10,25-27,29-34,36,38-40,44,57-58,60-61H,8-9,11-24H2,1-7H3,(H,51,59)(H,52,62)(H,67,68)(H,69,70)(H2,50,53,54)(H2,64,65,66)/b28-10-/t27-,29-,30-,31+,32+,33-,34-,36+,38-,39-,40+,44-,47+,48-,49-/m1/s1. The van der Waals surface area contributed by atoms with Crippen LogP contribution >= 0.6 is 35.2 Å². The van der Waals surface area contributed by atoms with Crippen molar-refractivity contribution < 1.29 is 90.7 Å². The van der Waals surface area contributed by atoms with E-state index < -0.39 is 84.6 Å². The molecule has 17 atom stereocenters. The lowest BCUT2D eigenvalue weighted by Gasteiger charge is -2.66. The molecule has 2 aromatic rings. The van der Waals surface area contributed by atoms with Crippen molar-refractivity contribution in [3.8, 4) is 0 Å². The summed E-state index contributed by atoms with van der Waals surface area (Å²) in [5.74, 6) is 1.08. The second-order valence-corrected chi connectivity index (χ2v) is 29.1. The van der Waals surface area contributed by atoms with E-state index in [-0.39, 0.29) is 70.1 Å². The van der Waals surface area contributed by atoms with Gasteiger partial charge in [0, 0.05) is 30.7 Å². The van der Waals surface area contributed by atoms with Crippen molar-refractivity contribution in [3.05, 3.63) is 24.3 Å². The van der Waals surface area contributed by atoms with E-state index in [2.05, 4.69) is 62.1 Å². The smallest absolute Gasteiger partial charge is 0.393 e. The number of nitrogens with one attached hydrogen (secondary N) is 2. The molecule has 4 saturated carbocycles. The number of rotatable bonds is 24. The number of amides is 2. The topological polar surface area (TPSA) is 404 Å². The fourth-order valence-corrected chi connectivity index (χ4v) is 17.4. The predicted molar refractivity (Wildman–Crippen MR) is 286 cm³/mol. The molecule has 26 nitrogen and oxygen atoms in total. The van der Waals surface area contributed by atoms with Gasteiger partial charge in [-0.1, -0.05) is 59.4 Å². The molecule has 0 spiro atoms. The molecule has 2 aromatic heterocycles. The molecule has 79 heavy (non-hydrogen) atoms. The van der Waals surface area contributed by atoms with E-state index in [1.54, 1.807) is 6.92 Å². The summed E-state index contributed by atoms with van der Waals surface area (Å²) in [6.45, 7) is 11.8. The van der Waals surface area contributed by atoms with E-state index in [1.165, 1.54) is 13.8 Å². The van der Waals surface area contributed by atoms with E-state index in [4.69, 9.17) is 19.5 Å². The Balaban J connectivity index is 0.778. The molecule has 446 valence electrons. The molecule has 2 amide bonds. The van der Waals surface area contributed by atoms with Gasteiger partial charge in [-0.15, -0.1) is 0 Å². The van der Waals surface area contributed by atoms with Crippen LogP contribution < -0.4 is 16.4 Å². The van der Waals surface area contributed by atoms with Crippen LogP contribution in [0.25, 0.3) is 11.2 Å². The van der Waals surface area contributed by atoms with Crippen LogP contribution in [0.4, 0.5) is 5.82 Å². The van der Waals surface area contributed by atoms with Crippen LogP contribution in [0.3, 0.4) is 0 Å². The van der Waals surface area contributed by atoms with Gasteiger partial charge < -0.3 is 61.1 Å². The minimum atomic E-state index is -5.60. The number of nitrogen functional groups attached to an aromatic ring is 1. The van der Waals surface area contributed by atoms with Crippen LogP contribution in [0.5, 0.6) is 0 Å². The van der Waals surface area contributed by atoms with Gasteiger partial charge in [0.25, 0.3) is 0 Å². The third-order valence-electron chi connectivity index (χ3n) is 18.2. The van der Waals surface area contributed by atoms with Gasteiger partial charge in [0.05, 0.1) is 31.7 Å². The van der Waals surface area contributed by atoms with Crippen molar-refractivity contribution in [1.29, 1.82) is 0 Å². The summed E-state index contributed by atoms with van der Waals surface area (Å²) in [5, 5.41) is 49.1. The van der Waals surface area contributed by atoms with Crippen LogP contribution in [-0.2, 0) is 50.7 Å². The number of hydrogen-bond acceptors (Lipinski definition) is 20. The molecule has 0 aromatic carbocycles. The first-order valence-corrected chi connectivity index (χ1v) is 32.3. The van der Waals surface area contributed by atoms with Crippen LogP contribution in [0.15, 0.2) is 24.3 Å². The molecule has 7 rings (SSSR count). The molecule has 1 aliphatic heterocycles. The number of aliphatic hydroxyl groups is 4. The van der Waals surface area contributed by atoms with E-state index in [0.717, 1.165) is 93.2 Å². The summed E-state index contributed by atoms with van der Waals surface area (Å²) in [4.78, 5) is 89.8. The second kappa shape index (κ2) is 24.8. The van der Waals surface area contributed by atoms with Crippen LogP contribution in [0.1, 0.15) is 125 Å². The number of phosphoric acid groups is 3. The molecule has 2 unspecified atom stereocenters. The maximum absolute atomic E-state index is 13.0. The zero-order valence-electron chi connectivity index (χ0n) is 45.7. The average Bonchev–Trinajstić information content (AvgIpc) is 3.95. The number of ether oxygens (including phenoxy) is 1. The Morgan fingerprint density at radius 1 is 0.962 bits per heavy atom. The Hall–Kier alpha value is -2.78. The summed E-state index contributed by atoms with van der Waals surface area (Å²) in [7, 11) is -16.5. The number of aromatic nitrogens is 4. The lowest BCUT2D eigenvalue weighted by Crippen LogP contribution is -2.62. The number of carbonyl (C=O) groups is 3. The molecule has 0 radical (unpaired) electrons. The Morgan fingerprint density at radius 2 is 1.67 bits per heavy atom. The Bertz CT molecular complexity index is 2720. The number of nitrogens with two attached hydrogens (primary N) is 1. The third-order valence-corrected chi connectivity index (χ3v) is 22.3. The van der Waals surface area contributed by atoms with Gasteiger partial charge in [-0.3, -0.25) is 32.5 Å². The molecule has 12 N–H and O–H groups in total. The number of fused-ring (bicyclic) bond motifs is 6. The van der Waals surface area contributed by atoms with Gasteiger partial charge in [0.1, 0.15) is 36.3 Å². The van der Waals surface area contributed by atoms with Gasteiger partial charge in [-0.2, -0.15) is 4.31 Å². The first-order chi connectivity index (χ1) is 36.7. The molecular formula is C49H80N7O19P3S. The highest BCUT2D eigenvalue weighted by molar-refractivity contribution is 8.14. The van der Waals surface area contributed by atoms with Crippen molar-refractivity contribution in [1.82, 2.24) is 30.2 Å². The first kappa shape index (κ1) is 63.8. The van der Waals surface area contributed by atoms with Gasteiger partial charge in [-0.05, 0) is 123 Å². The second-order valence-electron chi connectivity index (χ2n) is 23.8. The summed E-state index contributed by atoms with van der Waals surface area (Å²) in [6, 6.07) is 0. The van der Waals surface area contributed by atoms with Gasteiger partial charge in [0.15, 0.2) is 17.7 Å². The number of nitrogens with zero attached hydrogens (tertiary/aromatic N) is 4. The molecule has 5 fully saturated rings. The molecule has 4 aliphatic carbocycles. The highest BCUT2D eigenvalue weighted by Gasteiger charge is 2.66. The Morgan fingerprint density at radius 3 is 2.38 bits per heavy atom. The fraction of sp³-hybridized carbons (Fsp3) is 0.796. The van der Waals surface area contributed by atoms with Gasteiger partial charge in [-0.25, -0.2) is 28.6 Å². The number of allylic oxidation sites excluding steroid dienone is 1. The van der Waals surface area contributed by atoms with Gasteiger partial charge in [0.2, 0.25) is 16.9 Å².